The highest BCUT2D eigenvalue weighted by Gasteiger charge is 2.34. The lowest BCUT2D eigenvalue weighted by Gasteiger charge is -2.24. The van der Waals surface area contributed by atoms with Gasteiger partial charge < -0.3 is 20.2 Å². The van der Waals surface area contributed by atoms with E-state index in [4.69, 9.17) is 4.42 Å². The van der Waals surface area contributed by atoms with Crippen LogP contribution in [0.25, 0.3) is 0 Å². The first kappa shape index (κ1) is 15.4. The van der Waals surface area contributed by atoms with E-state index in [9.17, 15) is 5.11 Å². The average Bonchev–Trinajstić information content (AvgIpc) is 3.03. The van der Waals surface area contributed by atoms with E-state index < -0.39 is 5.60 Å². The first-order valence-corrected chi connectivity index (χ1v) is 8.06. The molecule has 2 fully saturated rings. The summed E-state index contributed by atoms with van der Waals surface area (Å²) in [6.45, 7) is 4.33. The monoisotopic (exact) mass is 306 g/mol. The Labute approximate surface area is 131 Å². The standard InChI is InChI=1S/C16H26N4O2/c1-16(21,14-4-3-9-22-14)11-18-15(17-2)19-12-7-8-20(10-12)13-5-6-13/h3-4,9,12-13,21H,5-8,10-11H2,1-2H3,(H2,17,18,19). The van der Waals surface area contributed by atoms with Crippen LogP contribution < -0.4 is 10.6 Å². The molecule has 2 atom stereocenters. The van der Waals surface area contributed by atoms with Crippen LogP contribution in [0.4, 0.5) is 0 Å². The van der Waals surface area contributed by atoms with Crippen molar-refractivity contribution < 1.29 is 9.52 Å². The molecule has 0 aromatic carbocycles. The molecule has 0 bridgehead atoms. The van der Waals surface area contributed by atoms with Crippen molar-refractivity contribution in [3.8, 4) is 0 Å². The summed E-state index contributed by atoms with van der Waals surface area (Å²) in [6, 6.07) is 4.81. The summed E-state index contributed by atoms with van der Waals surface area (Å²) in [4.78, 5) is 6.82. The van der Waals surface area contributed by atoms with Gasteiger partial charge in [-0.3, -0.25) is 9.89 Å². The van der Waals surface area contributed by atoms with E-state index in [2.05, 4.69) is 20.5 Å². The van der Waals surface area contributed by atoms with Gasteiger partial charge in [-0.2, -0.15) is 0 Å². The quantitative estimate of drug-likeness (QED) is 0.556. The van der Waals surface area contributed by atoms with Crippen LogP contribution in [0.2, 0.25) is 0 Å². The van der Waals surface area contributed by atoms with Gasteiger partial charge in [0.2, 0.25) is 0 Å². The minimum absolute atomic E-state index is 0.346. The van der Waals surface area contributed by atoms with E-state index in [1.165, 1.54) is 19.4 Å². The summed E-state index contributed by atoms with van der Waals surface area (Å²) >= 11 is 0. The molecule has 6 nitrogen and oxygen atoms in total. The number of nitrogens with one attached hydrogen (secondary N) is 2. The Morgan fingerprint density at radius 2 is 2.32 bits per heavy atom. The molecule has 0 amide bonds. The molecule has 0 radical (unpaired) electrons. The fourth-order valence-electron chi connectivity index (χ4n) is 2.99. The molecule has 1 aromatic rings. The fourth-order valence-corrected chi connectivity index (χ4v) is 2.99. The zero-order valence-corrected chi connectivity index (χ0v) is 13.4. The lowest BCUT2D eigenvalue weighted by Crippen LogP contribution is -2.48. The molecule has 2 unspecified atom stereocenters. The third-order valence-corrected chi connectivity index (χ3v) is 4.50. The summed E-state index contributed by atoms with van der Waals surface area (Å²) < 4.78 is 5.29. The Balaban J connectivity index is 1.48. The maximum absolute atomic E-state index is 10.5. The van der Waals surface area contributed by atoms with Gasteiger partial charge in [-0.25, -0.2) is 0 Å². The van der Waals surface area contributed by atoms with Gasteiger partial charge in [-0.05, 0) is 38.3 Å². The highest BCUT2D eigenvalue weighted by molar-refractivity contribution is 5.80. The second-order valence-electron chi connectivity index (χ2n) is 6.53. The molecule has 3 N–H and O–H groups in total. The van der Waals surface area contributed by atoms with Gasteiger partial charge in [-0.15, -0.1) is 0 Å². The predicted octanol–water partition coefficient (Wildman–Crippen LogP) is 0.889. The number of guanidine groups is 1. The first-order valence-electron chi connectivity index (χ1n) is 8.06. The van der Waals surface area contributed by atoms with Gasteiger partial charge in [0.25, 0.3) is 0 Å². The Bertz CT molecular complexity index is 508. The van der Waals surface area contributed by atoms with Crippen molar-refractivity contribution in [1.82, 2.24) is 15.5 Å². The molecule has 22 heavy (non-hydrogen) atoms. The molecule has 1 aromatic heterocycles. The molecule has 1 saturated heterocycles. The van der Waals surface area contributed by atoms with Crippen LogP contribution in [0.1, 0.15) is 31.9 Å². The molecule has 122 valence electrons. The predicted molar refractivity (Wildman–Crippen MR) is 85.8 cm³/mol. The number of nitrogens with zero attached hydrogens (tertiary/aromatic N) is 2. The number of aliphatic imine (C=N–C) groups is 1. The van der Waals surface area contributed by atoms with Crippen molar-refractivity contribution in [2.24, 2.45) is 4.99 Å². The summed E-state index contributed by atoms with van der Waals surface area (Å²) in [6.07, 6.45) is 5.42. The molecule has 1 aliphatic carbocycles. The lowest BCUT2D eigenvalue weighted by molar-refractivity contribution is 0.0385. The zero-order chi connectivity index (χ0) is 15.6. The number of aliphatic hydroxyl groups is 1. The second kappa shape index (κ2) is 6.30. The van der Waals surface area contributed by atoms with Crippen molar-refractivity contribution in [3.05, 3.63) is 24.2 Å². The van der Waals surface area contributed by atoms with Crippen molar-refractivity contribution in [3.63, 3.8) is 0 Å². The molecule has 1 saturated carbocycles. The summed E-state index contributed by atoms with van der Waals surface area (Å²) in [7, 11) is 1.75. The highest BCUT2D eigenvalue weighted by Crippen LogP contribution is 2.29. The molecule has 6 heteroatoms. The largest absolute Gasteiger partial charge is 0.466 e. The number of hydrogen-bond donors (Lipinski definition) is 3. The number of furan rings is 1. The van der Waals surface area contributed by atoms with E-state index in [-0.39, 0.29) is 0 Å². The minimum Gasteiger partial charge on any atom is -0.466 e. The van der Waals surface area contributed by atoms with Gasteiger partial charge in [0.15, 0.2) is 5.96 Å². The summed E-state index contributed by atoms with van der Waals surface area (Å²) in [5, 5.41) is 17.1. The lowest BCUT2D eigenvalue weighted by atomic mass is 10.0. The normalized spacial score (nSPS) is 26.0. The van der Waals surface area contributed by atoms with E-state index in [0.29, 0.717) is 18.3 Å². The van der Waals surface area contributed by atoms with Gasteiger partial charge >= 0.3 is 0 Å². The Kier molecular flexibility index (Phi) is 4.40. The third-order valence-electron chi connectivity index (χ3n) is 4.50. The maximum Gasteiger partial charge on any atom is 0.191 e. The van der Waals surface area contributed by atoms with Gasteiger partial charge in [0, 0.05) is 32.2 Å². The fraction of sp³-hybridized carbons (Fsp3) is 0.688. The molecule has 0 spiro atoms. The van der Waals surface area contributed by atoms with Crippen LogP contribution in [0.15, 0.2) is 27.8 Å². The Hall–Kier alpha value is -1.53. The summed E-state index contributed by atoms with van der Waals surface area (Å²) in [5.74, 6) is 1.28. The molecular formula is C16H26N4O2. The first-order chi connectivity index (χ1) is 10.6. The van der Waals surface area contributed by atoms with Crippen LogP contribution in [0, 0.1) is 0 Å². The number of hydrogen-bond acceptors (Lipinski definition) is 4. The SMILES string of the molecule is CN=C(NCC(C)(O)c1ccco1)NC1CCN(C2CC2)C1. The van der Waals surface area contributed by atoms with E-state index in [1.54, 1.807) is 32.4 Å². The summed E-state index contributed by atoms with van der Waals surface area (Å²) in [5.41, 5.74) is -1.06. The van der Waals surface area contributed by atoms with E-state index in [1.807, 2.05) is 0 Å². The zero-order valence-electron chi connectivity index (χ0n) is 13.4. The Morgan fingerprint density at radius 3 is 2.95 bits per heavy atom. The number of likely N-dealkylation sites (tertiary alicyclic amines) is 1. The van der Waals surface area contributed by atoms with Crippen molar-refractivity contribution >= 4 is 5.96 Å². The van der Waals surface area contributed by atoms with Gasteiger partial charge in [-0.1, -0.05) is 0 Å². The smallest absolute Gasteiger partial charge is 0.191 e. The van der Waals surface area contributed by atoms with Gasteiger partial charge in [0.1, 0.15) is 11.4 Å². The van der Waals surface area contributed by atoms with E-state index >= 15 is 0 Å². The van der Waals surface area contributed by atoms with Crippen molar-refractivity contribution in [2.75, 3.05) is 26.7 Å². The average molecular weight is 306 g/mol. The molecule has 3 rings (SSSR count). The van der Waals surface area contributed by atoms with Gasteiger partial charge in [0.05, 0.1) is 12.8 Å². The Morgan fingerprint density at radius 1 is 1.50 bits per heavy atom. The van der Waals surface area contributed by atoms with Crippen LogP contribution in [-0.2, 0) is 5.60 Å². The minimum atomic E-state index is -1.06. The van der Waals surface area contributed by atoms with Crippen LogP contribution >= 0.6 is 0 Å². The number of rotatable bonds is 5. The highest BCUT2D eigenvalue weighted by atomic mass is 16.4. The van der Waals surface area contributed by atoms with Crippen LogP contribution in [0.3, 0.4) is 0 Å². The topological polar surface area (TPSA) is 73.0 Å². The van der Waals surface area contributed by atoms with Crippen LogP contribution in [-0.4, -0.2) is 54.7 Å². The van der Waals surface area contributed by atoms with E-state index in [0.717, 1.165) is 25.0 Å². The van der Waals surface area contributed by atoms with Crippen molar-refractivity contribution in [2.45, 2.75) is 43.9 Å². The molecule has 2 heterocycles. The van der Waals surface area contributed by atoms with Crippen LogP contribution in [0.5, 0.6) is 0 Å². The molecule has 1 aliphatic heterocycles. The maximum atomic E-state index is 10.5. The van der Waals surface area contributed by atoms with Crippen molar-refractivity contribution in [1.29, 1.82) is 0 Å². The second-order valence-corrected chi connectivity index (χ2v) is 6.53. The molecular weight excluding hydrogens is 280 g/mol. The molecule has 2 aliphatic rings. The third kappa shape index (κ3) is 3.62.